The van der Waals surface area contributed by atoms with Gasteiger partial charge in [0.2, 0.25) is 5.91 Å². The average Bonchev–Trinajstić information content (AvgIpc) is 3.81. The van der Waals surface area contributed by atoms with E-state index in [4.69, 9.17) is 16.3 Å². The third-order valence-electron chi connectivity index (χ3n) is 7.25. The molecule has 0 bridgehead atoms. The molecule has 0 saturated carbocycles. The number of hydrogen-bond donors (Lipinski definition) is 1. The molecule has 1 aromatic heterocycles. The zero-order chi connectivity index (χ0) is 27.9. The fourth-order valence-corrected chi connectivity index (χ4v) is 6.93. The van der Waals surface area contributed by atoms with E-state index in [1.54, 1.807) is 13.4 Å². The van der Waals surface area contributed by atoms with E-state index in [0.29, 0.717) is 15.4 Å². The maximum atomic E-state index is 13.2. The summed E-state index contributed by atoms with van der Waals surface area (Å²) in [6, 6.07) is 24.1. The molecule has 0 aliphatic carbocycles. The van der Waals surface area contributed by atoms with Crippen molar-refractivity contribution in [1.82, 2.24) is 15.3 Å². The Kier molecular flexibility index (Phi) is 9.70. The molecule has 5 rings (SSSR count). The van der Waals surface area contributed by atoms with Crippen LogP contribution in [0.15, 0.2) is 79.1 Å². The topological polar surface area (TPSA) is 64.1 Å². The van der Waals surface area contributed by atoms with E-state index in [9.17, 15) is 4.79 Å². The molecule has 40 heavy (non-hydrogen) atoms. The van der Waals surface area contributed by atoms with Gasteiger partial charge in [0.05, 0.1) is 6.04 Å². The van der Waals surface area contributed by atoms with Crippen LogP contribution < -0.4 is 31.3 Å². The van der Waals surface area contributed by atoms with Crippen molar-refractivity contribution in [1.29, 1.82) is 0 Å². The van der Waals surface area contributed by atoms with Crippen LogP contribution >= 0.6 is 11.6 Å². The van der Waals surface area contributed by atoms with Crippen molar-refractivity contribution in [3.8, 4) is 5.88 Å². The number of aryl methyl sites for hydroxylation is 2. The van der Waals surface area contributed by atoms with E-state index in [1.165, 1.54) is 21.2 Å². The van der Waals surface area contributed by atoms with E-state index < -0.39 is 0 Å². The predicted molar refractivity (Wildman–Crippen MR) is 156 cm³/mol. The summed E-state index contributed by atoms with van der Waals surface area (Å²) in [7, 11) is 1.69. The van der Waals surface area contributed by atoms with Crippen molar-refractivity contribution in [3.63, 3.8) is 0 Å². The molecular weight excluding hydrogens is 633 g/mol. The first kappa shape index (κ1) is 28.6. The molecule has 2 unspecified atom stereocenters. The van der Waals surface area contributed by atoms with Gasteiger partial charge < -0.3 is 5.32 Å². The molecule has 1 saturated heterocycles. The number of nitrogens with one attached hydrogen (secondary N) is 1. The second kappa shape index (κ2) is 13.6. The number of hydrogen-bond acceptors (Lipinski definition) is 4. The third kappa shape index (κ3) is 7.40. The van der Waals surface area contributed by atoms with E-state index in [0.717, 1.165) is 53.8 Å². The number of methoxy groups -OCH3 is 1. The maximum absolute atomic E-state index is 13.2. The van der Waals surface area contributed by atoms with Crippen molar-refractivity contribution in [2.24, 2.45) is 0 Å². The Morgan fingerprint density at radius 3 is 2.45 bits per heavy atom. The van der Waals surface area contributed by atoms with Crippen LogP contribution in [0.5, 0.6) is 5.88 Å². The number of benzene rings is 3. The third-order valence-corrected chi connectivity index (χ3v) is 9.84. The van der Waals surface area contributed by atoms with Crippen molar-refractivity contribution in [2.75, 3.05) is 11.5 Å². The van der Waals surface area contributed by atoms with Crippen molar-refractivity contribution >= 4 is 17.5 Å². The van der Waals surface area contributed by atoms with Crippen LogP contribution in [-0.4, -0.2) is 27.4 Å². The number of carbonyl (C=O) groups is 1. The van der Waals surface area contributed by atoms with Crippen molar-refractivity contribution in [3.05, 3.63) is 123 Å². The van der Waals surface area contributed by atoms with E-state index in [-0.39, 0.29) is 33.2 Å². The Morgan fingerprint density at radius 2 is 1.75 bits per heavy atom. The van der Waals surface area contributed by atoms with E-state index in [2.05, 4.69) is 39.6 Å². The average molecular weight is 667 g/mol. The minimum atomic E-state index is -0.235. The number of rotatable bonds is 12. The molecule has 7 heteroatoms. The molecule has 4 aromatic rings. The van der Waals surface area contributed by atoms with E-state index in [1.807, 2.05) is 55.5 Å². The molecular formula is C33H34ClIN3O2-. The van der Waals surface area contributed by atoms with Crippen LogP contribution in [0, 0.1) is 6.92 Å². The van der Waals surface area contributed by atoms with Crippen molar-refractivity contribution in [2.45, 2.75) is 49.0 Å². The van der Waals surface area contributed by atoms with Gasteiger partial charge in [-0.15, -0.1) is 0 Å². The Morgan fingerprint density at radius 1 is 1.02 bits per heavy atom. The Labute approximate surface area is 252 Å². The summed E-state index contributed by atoms with van der Waals surface area (Å²) in [6.45, 7) is 2.03. The fraction of sp³-hybridized carbons (Fsp3) is 0.303. The summed E-state index contributed by atoms with van der Waals surface area (Å²) in [5, 5.41) is 3.95. The van der Waals surface area contributed by atoms with Gasteiger partial charge in [-0.3, -0.25) is 4.79 Å². The number of halogens is 2. The Bertz CT molecular complexity index is 1440. The second-order valence-electron chi connectivity index (χ2n) is 10.1. The Balaban J connectivity index is 1.16. The van der Waals surface area contributed by atoms with Crippen LogP contribution in [0.1, 0.15) is 61.9 Å². The first-order chi connectivity index (χ1) is 19.5. The number of amides is 1. The number of alkyl halides is 2. The molecule has 1 N–H and O–H groups in total. The molecule has 1 amide bonds. The molecule has 208 valence electrons. The summed E-state index contributed by atoms with van der Waals surface area (Å²) in [4.78, 5) is 22.1. The van der Waals surface area contributed by atoms with Gasteiger partial charge in [-0.25, -0.2) is 0 Å². The first-order valence-corrected chi connectivity index (χ1v) is 16.8. The molecule has 1 fully saturated rings. The normalized spacial score (nSPS) is 15.1. The molecule has 1 aliphatic heterocycles. The number of nitrogens with zero attached hydrogens (tertiary/aromatic N) is 2. The van der Waals surface area contributed by atoms with Gasteiger partial charge in [-0.05, 0) is 35.7 Å². The summed E-state index contributed by atoms with van der Waals surface area (Å²) in [6.07, 6.45) is 6.07. The van der Waals surface area contributed by atoms with Crippen molar-refractivity contribution < 1.29 is 30.7 Å². The quantitative estimate of drug-likeness (QED) is 0.143. The molecule has 2 heterocycles. The number of aromatic nitrogens is 2. The van der Waals surface area contributed by atoms with Gasteiger partial charge in [0.15, 0.2) is 0 Å². The van der Waals surface area contributed by atoms with Crippen LogP contribution in [0.3, 0.4) is 0 Å². The molecule has 0 spiro atoms. The summed E-state index contributed by atoms with van der Waals surface area (Å²) in [5.74, 6) is 0.730. The van der Waals surface area contributed by atoms with Gasteiger partial charge in [0, 0.05) is 5.02 Å². The Hall–Kier alpha value is -2.97. The monoisotopic (exact) mass is 666 g/mol. The zero-order valence-electron chi connectivity index (χ0n) is 22.9. The van der Waals surface area contributed by atoms with Gasteiger partial charge >= 0.3 is 142 Å². The van der Waals surface area contributed by atoms with E-state index >= 15 is 0 Å². The van der Waals surface area contributed by atoms with Crippen LogP contribution in [0.2, 0.25) is 5.02 Å². The van der Waals surface area contributed by atoms with Gasteiger partial charge in [0.25, 0.3) is 0 Å². The van der Waals surface area contributed by atoms with Crippen LogP contribution in [0.4, 0.5) is 0 Å². The van der Waals surface area contributed by atoms with Gasteiger partial charge in [0.1, 0.15) is 0 Å². The molecule has 1 aliphatic rings. The molecule has 0 radical (unpaired) electrons. The molecule has 3 aromatic carbocycles. The standard InChI is InChI=1S/C33H34ClIN3O2/c1-22-18-26(34)16-17-27(22)31(25-9-4-3-5-10-25)38-30(39)19-24-14-12-23(13-15-24)8-6-7-11-28-32(29-20-35-29)36-21-37-33(28)40-2/h3-5,9-10,12-18,21,29,31H,6-8,11,19-20H2,1-2H3,(H,38,39)/q-1. The summed E-state index contributed by atoms with van der Waals surface area (Å²) in [5.41, 5.74) is 7.86. The number of unbranched alkanes of at least 4 members (excludes halogenated alkanes) is 1. The zero-order valence-corrected chi connectivity index (χ0v) is 25.8. The molecule has 2 atom stereocenters. The fourth-order valence-electron chi connectivity index (χ4n) is 5.08. The predicted octanol–water partition coefficient (Wildman–Crippen LogP) is 3.60. The van der Waals surface area contributed by atoms with Gasteiger partial charge in [-0.1, -0.05) is 48.0 Å². The summed E-state index contributed by atoms with van der Waals surface area (Å²) >= 11 is 6.48. The second-order valence-corrected chi connectivity index (χ2v) is 13.8. The van der Waals surface area contributed by atoms with Gasteiger partial charge in [-0.2, -0.15) is 0 Å². The van der Waals surface area contributed by atoms with Crippen LogP contribution in [0.25, 0.3) is 0 Å². The SMILES string of the molecule is COc1ncnc(C2C[I-]2)c1CCCCc1ccc(CC(=O)NC(c2ccccc2)c2ccc(Cl)cc2C)cc1. The number of carbonyl (C=O) groups excluding carboxylic acids is 1. The minimum absolute atomic E-state index is 0.0103. The summed E-state index contributed by atoms with van der Waals surface area (Å²) < 4.78 is 7.54. The first-order valence-electron chi connectivity index (χ1n) is 13.7. The molecule has 5 nitrogen and oxygen atoms in total. The number of ether oxygens (including phenoxy) is 1. The van der Waals surface area contributed by atoms with Crippen LogP contribution in [-0.2, 0) is 24.1 Å².